The quantitative estimate of drug-likeness (QED) is 0.783. The zero-order valence-electron chi connectivity index (χ0n) is 8.21. The summed E-state index contributed by atoms with van der Waals surface area (Å²) in [5.41, 5.74) is 1.93. The van der Waals surface area contributed by atoms with Gasteiger partial charge in [-0.05, 0) is 22.9 Å². The third-order valence-electron chi connectivity index (χ3n) is 2.26. The standard InChI is InChI=1S/C9H10BrN3O/c1-5-7-8(12-13(5)2)6(10)4-11-9(7)14-3/h4H,1-3H3. The number of pyridine rings is 1. The number of fused-ring (bicyclic) bond motifs is 1. The first-order valence-corrected chi connectivity index (χ1v) is 4.96. The lowest BCUT2D eigenvalue weighted by molar-refractivity contribution is 0.403. The number of nitrogens with zero attached hydrogens (tertiary/aromatic N) is 3. The van der Waals surface area contributed by atoms with Gasteiger partial charge in [0.05, 0.1) is 17.0 Å². The lowest BCUT2D eigenvalue weighted by Gasteiger charge is -2.01. The van der Waals surface area contributed by atoms with Crippen molar-refractivity contribution in [3.8, 4) is 5.88 Å². The Balaban J connectivity index is 2.92. The average molecular weight is 256 g/mol. The van der Waals surface area contributed by atoms with Gasteiger partial charge in [0.25, 0.3) is 0 Å². The molecule has 0 bridgehead atoms. The monoisotopic (exact) mass is 255 g/mol. The molecule has 4 nitrogen and oxygen atoms in total. The second-order valence-corrected chi connectivity index (χ2v) is 3.90. The summed E-state index contributed by atoms with van der Waals surface area (Å²) in [5.74, 6) is 0.619. The molecule has 0 aliphatic rings. The van der Waals surface area contributed by atoms with Crippen molar-refractivity contribution in [3.05, 3.63) is 16.4 Å². The summed E-state index contributed by atoms with van der Waals surface area (Å²) in [5, 5.41) is 5.33. The maximum Gasteiger partial charge on any atom is 0.224 e. The van der Waals surface area contributed by atoms with Gasteiger partial charge in [-0.25, -0.2) is 4.98 Å². The maximum atomic E-state index is 5.19. The lowest BCUT2D eigenvalue weighted by Crippen LogP contribution is -1.92. The number of aryl methyl sites for hydroxylation is 2. The predicted octanol–water partition coefficient (Wildman–Crippen LogP) is 2.05. The van der Waals surface area contributed by atoms with Crippen molar-refractivity contribution in [2.75, 3.05) is 7.11 Å². The molecule has 5 heteroatoms. The number of halogens is 1. The van der Waals surface area contributed by atoms with Gasteiger partial charge in [0.1, 0.15) is 5.52 Å². The summed E-state index contributed by atoms with van der Waals surface area (Å²) in [7, 11) is 3.52. The van der Waals surface area contributed by atoms with E-state index in [9.17, 15) is 0 Å². The Bertz CT molecular complexity index is 492. The van der Waals surface area contributed by atoms with Crippen LogP contribution in [0.3, 0.4) is 0 Å². The highest BCUT2D eigenvalue weighted by atomic mass is 79.9. The Kier molecular flexibility index (Phi) is 2.19. The van der Waals surface area contributed by atoms with Gasteiger partial charge in [0.2, 0.25) is 5.88 Å². The van der Waals surface area contributed by atoms with E-state index in [-0.39, 0.29) is 0 Å². The van der Waals surface area contributed by atoms with E-state index in [0.717, 1.165) is 21.1 Å². The average Bonchev–Trinajstić information content (AvgIpc) is 2.47. The molecule has 0 saturated carbocycles. The minimum atomic E-state index is 0.619. The fourth-order valence-electron chi connectivity index (χ4n) is 1.43. The molecule has 0 unspecified atom stereocenters. The van der Waals surface area contributed by atoms with Crippen molar-refractivity contribution in [2.45, 2.75) is 6.92 Å². The summed E-state index contributed by atoms with van der Waals surface area (Å²) in [6, 6.07) is 0. The molecule has 0 fully saturated rings. The molecule has 2 aromatic rings. The minimum Gasteiger partial charge on any atom is -0.480 e. The molecule has 0 spiro atoms. The molecule has 0 atom stereocenters. The molecule has 74 valence electrons. The number of methoxy groups -OCH3 is 1. The van der Waals surface area contributed by atoms with Crippen LogP contribution in [0.15, 0.2) is 10.7 Å². The topological polar surface area (TPSA) is 39.9 Å². The third-order valence-corrected chi connectivity index (χ3v) is 2.84. The molecular weight excluding hydrogens is 246 g/mol. The molecule has 0 radical (unpaired) electrons. The number of aromatic nitrogens is 3. The van der Waals surface area contributed by atoms with Crippen molar-refractivity contribution >= 4 is 26.8 Å². The Morgan fingerprint density at radius 2 is 2.21 bits per heavy atom. The summed E-state index contributed by atoms with van der Waals surface area (Å²) < 4.78 is 7.90. The van der Waals surface area contributed by atoms with Crippen LogP contribution < -0.4 is 4.74 Å². The van der Waals surface area contributed by atoms with Crippen LogP contribution in [0.5, 0.6) is 5.88 Å². The van der Waals surface area contributed by atoms with Crippen LogP contribution in [0.25, 0.3) is 10.9 Å². The second kappa shape index (κ2) is 3.24. The maximum absolute atomic E-state index is 5.19. The molecule has 0 aliphatic heterocycles. The SMILES string of the molecule is COc1ncc(Br)c2nn(C)c(C)c12. The van der Waals surface area contributed by atoms with E-state index in [1.54, 1.807) is 13.3 Å². The van der Waals surface area contributed by atoms with Crippen molar-refractivity contribution in [3.63, 3.8) is 0 Å². The van der Waals surface area contributed by atoms with Crippen LogP contribution in [0, 0.1) is 6.92 Å². The van der Waals surface area contributed by atoms with Crippen LogP contribution in [0.4, 0.5) is 0 Å². The Hall–Kier alpha value is -1.10. The smallest absolute Gasteiger partial charge is 0.224 e. The summed E-state index contributed by atoms with van der Waals surface area (Å²) in [6.45, 7) is 1.99. The number of hydrogen-bond donors (Lipinski definition) is 0. The molecule has 2 heterocycles. The van der Waals surface area contributed by atoms with Crippen LogP contribution in [-0.4, -0.2) is 21.9 Å². The van der Waals surface area contributed by atoms with Gasteiger partial charge in [0, 0.05) is 18.9 Å². The van der Waals surface area contributed by atoms with Crippen LogP contribution in [0.1, 0.15) is 5.69 Å². The Morgan fingerprint density at radius 1 is 1.50 bits per heavy atom. The molecule has 0 aromatic carbocycles. The van der Waals surface area contributed by atoms with E-state index >= 15 is 0 Å². The summed E-state index contributed by atoms with van der Waals surface area (Å²) in [4.78, 5) is 4.18. The second-order valence-electron chi connectivity index (χ2n) is 3.05. The van der Waals surface area contributed by atoms with Crippen molar-refractivity contribution in [1.29, 1.82) is 0 Å². The van der Waals surface area contributed by atoms with Crippen LogP contribution in [0.2, 0.25) is 0 Å². The molecule has 14 heavy (non-hydrogen) atoms. The normalized spacial score (nSPS) is 10.9. The zero-order valence-corrected chi connectivity index (χ0v) is 9.79. The summed E-state index contributed by atoms with van der Waals surface area (Å²) >= 11 is 3.41. The third kappa shape index (κ3) is 1.19. The molecule has 0 amide bonds. The highest BCUT2D eigenvalue weighted by molar-refractivity contribution is 9.10. The molecular formula is C9H10BrN3O. The minimum absolute atomic E-state index is 0.619. The number of ether oxygens (including phenoxy) is 1. The molecule has 0 aliphatic carbocycles. The molecule has 2 aromatic heterocycles. The van der Waals surface area contributed by atoms with E-state index in [4.69, 9.17) is 4.74 Å². The van der Waals surface area contributed by atoms with E-state index in [1.165, 1.54) is 0 Å². The number of hydrogen-bond acceptors (Lipinski definition) is 3. The molecule has 0 N–H and O–H groups in total. The van der Waals surface area contributed by atoms with Gasteiger partial charge in [0.15, 0.2) is 0 Å². The summed E-state index contributed by atoms with van der Waals surface area (Å²) in [6.07, 6.45) is 1.70. The van der Waals surface area contributed by atoms with Gasteiger partial charge in [-0.15, -0.1) is 0 Å². The van der Waals surface area contributed by atoms with E-state index < -0.39 is 0 Å². The van der Waals surface area contributed by atoms with E-state index in [0.29, 0.717) is 5.88 Å². The van der Waals surface area contributed by atoms with Gasteiger partial charge >= 0.3 is 0 Å². The Morgan fingerprint density at radius 3 is 2.86 bits per heavy atom. The predicted molar refractivity (Wildman–Crippen MR) is 57.5 cm³/mol. The number of rotatable bonds is 1. The van der Waals surface area contributed by atoms with Gasteiger partial charge in [-0.3, -0.25) is 4.68 Å². The Labute approximate surface area is 90.0 Å². The molecule has 0 saturated heterocycles. The van der Waals surface area contributed by atoms with E-state index in [1.807, 2.05) is 18.7 Å². The van der Waals surface area contributed by atoms with Gasteiger partial charge in [-0.1, -0.05) is 0 Å². The van der Waals surface area contributed by atoms with Crippen molar-refractivity contribution in [1.82, 2.24) is 14.8 Å². The van der Waals surface area contributed by atoms with Gasteiger partial charge < -0.3 is 4.74 Å². The highest BCUT2D eigenvalue weighted by Gasteiger charge is 2.13. The first-order chi connectivity index (χ1) is 6.65. The van der Waals surface area contributed by atoms with Crippen LogP contribution >= 0.6 is 15.9 Å². The molecule has 2 rings (SSSR count). The fourth-order valence-corrected chi connectivity index (χ4v) is 1.81. The van der Waals surface area contributed by atoms with Gasteiger partial charge in [-0.2, -0.15) is 5.10 Å². The first-order valence-electron chi connectivity index (χ1n) is 4.17. The zero-order chi connectivity index (χ0) is 10.3. The highest BCUT2D eigenvalue weighted by Crippen LogP contribution is 2.30. The van der Waals surface area contributed by atoms with Crippen molar-refractivity contribution in [2.24, 2.45) is 7.05 Å². The van der Waals surface area contributed by atoms with Crippen LogP contribution in [-0.2, 0) is 7.05 Å². The lowest BCUT2D eigenvalue weighted by atomic mass is 10.2. The van der Waals surface area contributed by atoms with E-state index in [2.05, 4.69) is 26.0 Å². The largest absolute Gasteiger partial charge is 0.480 e. The fraction of sp³-hybridized carbons (Fsp3) is 0.333. The first kappa shape index (κ1) is 9.45. The van der Waals surface area contributed by atoms with Crippen molar-refractivity contribution < 1.29 is 4.74 Å².